The zero-order valence-electron chi connectivity index (χ0n) is 59.7. The first kappa shape index (κ1) is 78.3. The molecule has 7 atom stereocenters. The predicted molar refractivity (Wildman–Crippen MR) is 383 cm³/mol. The van der Waals surface area contributed by atoms with Crippen LogP contribution in [0.1, 0.15) is 130 Å². The highest BCUT2D eigenvalue weighted by atomic mass is 19.2. The number of hydrogen-bond donors (Lipinski definition) is 6. The van der Waals surface area contributed by atoms with E-state index in [1.807, 2.05) is 60.5 Å². The molecule has 0 saturated carbocycles. The van der Waals surface area contributed by atoms with Gasteiger partial charge in [-0.2, -0.15) is 0 Å². The lowest BCUT2D eigenvalue weighted by Gasteiger charge is -2.46. The maximum Gasteiger partial charge on any atom is 0.278 e. The minimum absolute atomic E-state index is 0.0116. The Kier molecular flexibility index (Phi) is 23.4. The Bertz CT molecular complexity index is 5150. The van der Waals surface area contributed by atoms with Gasteiger partial charge in [-0.05, 0) is 62.9 Å². The first-order valence-electron chi connectivity index (χ1n) is 35.1. The van der Waals surface area contributed by atoms with Gasteiger partial charge in [0.1, 0.15) is 97.2 Å². The number of aromatic hydroxyl groups is 1. The number of alkyl halides is 2. The van der Waals surface area contributed by atoms with Crippen molar-refractivity contribution in [3.8, 4) is 17.2 Å². The van der Waals surface area contributed by atoms with Crippen molar-refractivity contribution >= 4 is 35.4 Å². The second kappa shape index (κ2) is 33.3. The molecule has 6 amide bonds. The number of nitrogens with one attached hydrogen (secondary N) is 3. The van der Waals surface area contributed by atoms with Crippen LogP contribution in [-0.4, -0.2) is 162 Å². The number of aromatic nitrogens is 3. The number of aliphatic hydroxyl groups is 2. The van der Waals surface area contributed by atoms with Crippen LogP contribution in [0.2, 0.25) is 0 Å². The molecule has 26 nitrogen and oxygen atoms in total. The fraction of sp³-hybridized carbons (Fsp3) is 0.312. The van der Waals surface area contributed by atoms with Crippen LogP contribution in [0.15, 0.2) is 160 Å². The Labute approximate surface area is 627 Å². The molecule has 6 aliphatic rings. The van der Waals surface area contributed by atoms with Crippen molar-refractivity contribution in [1.82, 2.24) is 44.7 Å². The number of benzene rings is 5. The van der Waals surface area contributed by atoms with Crippen LogP contribution >= 0.6 is 0 Å². The van der Waals surface area contributed by atoms with Crippen molar-refractivity contribution in [1.29, 1.82) is 0 Å². The van der Waals surface area contributed by atoms with E-state index in [0.717, 1.165) is 51.7 Å². The highest BCUT2D eigenvalue weighted by molar-refractivity contribution is 6.01. The number of pyridine rings is 3. The molecule has 2 saturated heterocycles. The van der Waals surface area contributed by atoms with Crippen LogP contribution in [0.3, 0.4) is 0 Å². The molecule has 0 unspecified atom stereocenters. The number of halogens is 8. The standard InChI is InChI=1S/C28H28F2N4O6.C28H26F2N4O4.C21H20F4N4O4/c1-16-9-22(35)23(36)13-32-15-34(16)33-12-20(27(38)31-11-18-7-8-19(29)10-21(18)30)25(37)26(24(33)28(32)39)40-14-17-5-3-2-4-6-17;1-18-7-5-6-12-32-17-34(18)33-15-22(27(36)31-14-20-10-11-21(29)13-23(20)30)25(35)26(24(33)28(32)37)38-16-19-8-3-2-4-9-19;1-10-4-15(24)16(25)8-27-9-29(10)28-7-13(18(30)19(31)17(28)21(27)33)20(32)26-6-11-2-3-12(22)5-14(11)23/h2-8,10,12,16,22-23,35-36H,9,11,13-15H2,1H3,(H,31,38);2-6,8-11,13,15,18H,7,12,14,16-17H2,1H3,(H,31,36);2-3,5,7,10,15-16,31H,4,6,8-9H2,1H3,(H,26,32)/b;6-5-;/t16-,22+,23-;18-;10-,15-,16+/m111/s1. The quantitative estimate of drug-likeness (QED) is 0.0477. The van der Waals surface area contributed by atoms with Gasteiger partial charge < -0.3 is 55.4 Å². The largest absolute Gasteiger partial charge is 0.502 e. The maximum absolute atomic E-state index is 14.2. The van der Waals surface area contributed by atoms with Gasteiger partial charge >= 0.3 is 0 Å². The van der Waals surface area contributed by atoms with Crippen LogP contribution in [-0.2, 0) is 32.8 Å². The van der Waals surface area contributed by atoms with Crippen LogP contribution < -0.4 is 56.7 Å². The van der Waals surface area contributed by atoms with Gasteiger partial charge in [0.2, 0.25) is 16.3 Å². The molecule has 14 rings (SSSR count). The summed E-state index contributed by atoms with van der Waals surface area (Å²) in [7, 11) is 0. The zero-order valence-corrected chi connectivity index (χ0v) is 59.7. The second-order valence-corrected chi connectivity index (χ2v) is 27.2. The molecule has 8 aromatic rings. The first-order chi connectivity index (χ1) is 53.0. The molecule has 6 aliphatic heterocycles. The lowest BCUT2D eigenvalue weighted by molar-refractivity contribution is -0.0212. The molecule has 0 spiro atoms. The Morgan fingerprint density at radius 2 is 0.847 bits per heavy atom. The number of hydrogen-bond acceptors (Lipinski definition) is 17. The van der Waals surface area contributed by atoms with Crippen molar-refractivity contribution in [2.75, 3.05) is 54.7 Å². The molecule has 6 bridgehead atoms. The van der Waals surface area contributed by atoms with E-state index in [2.05, 4.69) is 16.0 Å². The van der Waals surface area contributed by atoms with Crippen molar-refractivity contribution < 1.29 is 88.7 Å². The summed E-state index contributed by atoms with van der Waals surface area (Å²) in [5.41, 5.74) is -2.92. The topological polar surface area (TPSA) is 303 Å². The third kappa shape index (κ3) is 16.8. The molecule has 5 aromatic carbocycles. The minimum atomic E-state index is -1.92. The van der Waals surface area contributed by atoms with Crippen molar-refractivity contribution in [2.24, 2.45) is 0 Å². The molecule has 9 heterocycles. The summed E-state index contributed by atoms with van der Waals surface area (Å²) in [5, 5.41) is 43.6. The van der Waals surface area contributed by atoms with Crippen LogP contribution in [0, 0.1) is 34.9 Å². The van der Waals surface area contributed by atoms with Gasteiger partial charge in [0.25, 0.3) is 35.4 Å². The van der Waals surface area contributed by atoms with E-state index < -0.39 is 141 Å². The summed E-state index contributed by atoms with van der Waals surface area (Å²) < 4.78 is 126. The summed E-state index contributed by atoms with van der Waals surface area (Å²) in [6.07, 6.45) is 2.08. The average Bonchev–Trinajstić information content (AvgIpc) is 0.755. The molecular weight excluding hydrogens is 1470 g/mol. The summed E-state index contributed by atoms with van der Waals surface area (Å²) in [4.78, 5) is 123. The average molecular weight is 1540 g/mol. The van der Waals surface area contributed by atoms with Crippen molar-refractivity contribution in [3.63, 3.8) is 0 Å². The van der Waals surface area contributed by atoms with E-state index in [0.29, 0.717) is 30.7 Å². The van der Waals surface area contributed by atoms with E-state index in [-0.39, 0.29) is 135 Å². The van der Waals surface area contributed by atoms with Crippen LogP contribution in [0.4, 0.5) is 35.1 Å². The number of nitrogens with zero attached hydrogens (tertiary/aromatic N) is 9. The fourth-order valence-electron chi connectivity index (χ4n) is 13.3. The number of carbonyl (C=O) groups excluding carboxylic acids is 6. The van der Waals surface area contributed by atoms with Gasteiger partial charge in [0, 0.05) is 104 Å². The third-order valence-corrected chi connectivity index (χ3v) is 19.5. The highest BCUT2D eigenvalue weighted by Gasteiger charge is 2.44. The molecule has 34 heteroatoms. The van der Waals surface area contributed by atoms with Crippen LogP contribution in [0.5, 0.6) is 17.2 Å². The van der Waals surface area contributed by atoms with E-state index >= 15 is 0 Å². The monoisotopic (exact) mass is 1540 g/mol. The molecule has 111 heavy (non-hydrogen) atoms. The molecule has 3 aromatic heterocycles. The van der Waals surface area contributed by atoms with Crippen LogP contribution in [0.25, 0.3) is 0 Å². The Morgan fingerprint density at radius 1 is 0.459 bits per heavy atom. The minimum Gasteiger partial charge on any atom is -0.502 e. The Hall–Kier alpha value is -12.3. The fourth-order valence-corrected chi connectivity index (χ4v) is 13.3. The summed E-state index contributed by atoms with van der Waals surface area (Å²) in [6.45, 7) is 4.12. The zero-order chi connectivity index (χ0) is 79.4. The molecule has 2 fully saturated rings. The molecule has 0 radical (unpaired) electrons. The van der Waals surface area contributed by atoms with Gasteiger partial charge in [-0.15, -0.1) is 0 Å². The first-order valence-corrected chi connectivity index (χ1v) is 35.1. The molecule has 582 valence electrons. The number of carbonyl (C=O) groups is 6. The number of ether oxygens (including phenoxy) is 2. The van der Waals surface area contributed by atoms with E-state index in [1.54, 1.807) is 48.0 Å². The van der Waals surface area contributed by atoms with E-state index in [9.17, 15) is 93.6 Å². The maximum atomic E-state index is 14.2. The number of amides is 6. The number of rotatable bonds is 15. The van der Waals surface area contributed by atoms with Crippen molar-refractivity contribution in [3.05, 3.63) is 273 Å². The van der Waals surface area contributed by atoms with Crippen molar-refractivity contribution in [2.45, 2.75) is 116 Å². The Balaban J connectivity index is 0.000000155. The number of fused-ring (bicyclic) bond motifs is 12. The summed E-state index contributed by atoms with van der Waals surface area (Å²) in [5.74, 6) is -10.9. The molecule has 6 N–H and O–H groups in total. The molecular formula is C77H74F8N12O14. The van der Waals surface area contributed by atoms with Gasteiger partial charge in [-0.25, -0.2) is 35.1 Å². The third-order valence-electron chi connectivity index (χ3n) is 19.5. The lowest BCUT2D eigenvalue weighted by Crippen LogP contribution is -2.62. The smallest absolute Gasteiger partial charge is 0.278 e. The molecule has 0 aliphatic carbocycles. The second-order valence-electron chi connectivity index (χ2n) is 27.2. The summed E-state index contributed by atoms with van der Waals surface area (Å²) in [6, 6.07) is 25.7. The van der Waals surface area contributed by atoms with E-state index in [1.165, 1.54) is 43.8 Å². The van der Waals surface area contributed by atoms with Gasteiger partial charge in [-0.3, -0.25) is 72.2 Å². The Morgan fingerprint density at radius 3 is 1.30 bits per heavy atom. The van der Waals surface area contributed by atoms with Gasteiger partial charge in [0.15, 0.2) is 34.3 Å². The normalized spacial score (nSPS) is 20.0. The van der Waals surface area contributed by atoms with Gasteiger partial charge in [-0.1, -0.05) is 91.0 Å². The SMILES string of the molecule is C[C@@H]1C/C=C\CN2CN1n1cc(C(=O)NCc3ccc(F)cc3F)c(=O)c(OCc3ccccc3)c1C2=O.C[C@@H]1C[C@@H](F)[C@@H](F)CN2CN1n1cc(C(=O)NCc3ccc(F)cc3F)c(=O)c(O)c1C2=O.C[C@@H]1C[C@H](O)[C@H](O)CN2CN1n1cc(C(=O)NCc3ccc(F)cc3F)c(=O)c(OCc3ccccc3)c1C2=O. The van der Waals surface area contributed by atoms with Gasteiger partial charge in [0.05, 0.1) is 25.3 Å². The predicted octanol–water partition coefficient (Wildman–Crippen LogP) is 6.42. The number of aliphatic hydroxyl groups excluding tert-OH is 2. The lowest BCUT2D eigenvalue weighted by atomic mass is 10.0. The highest BCUT2D eigenvalue weighted by Crippen LogP contribution is 2.32. The summed E-state index contributed by atoms with van der Waals surface area (Å²) >= 11 is 0. The van der Waals surface area contributed by atoms with E-state index in [4.69, 9.17) is 9.47 Å².